The number of nitrogens with two attached hydrogens (primary N) is 1. The minimum absolute atomic E-state index is 0.0137. The molecule has 2 rings (SSSR count). The first-order valence-electron chi connectivity index (χ1n) is 5.31. The van der Waals surface area contributed by atoms with E-state index in [1.54, 1.807) is 30.1 Å². The van der Waals surface area contributed by atoms with E-state index in [1.807, 2.05) is 6.07 Å². The lowest BCUT2D eigenvalue weighted by Crippen LogP contribution is -2.22. The summed E-state index contributed by atoms with van der Waals surface area (Å²) in [5, 5.41) is 7.40. The van der Waals surface area contributed by atoms with E-state index >= 15 is 0 Å². The predicted octanol–water partition coefficient (Wildman–Crippen LogP) is 0.822. The molecule has 0 atom stereocenters. The topological polar surface area (TPSA) is 98.9 Å². The summed E-state index contributed by atoms with van der Waals surface area (Å²) >= 11 is 0. The standard InChI is InChI=1S/C12H13N5O/c1-17(11-12(18)16-6-5-15-11)9-4-2-3-8(7-9)10(13)14/h2-7H,1H3,(H3,13,14)(H,16,18). The number of benzene rings is 1. The van der Waals surface area contributed by atoms with Crippen LogP contribution in [0.2, 0.25) is 0 Å². The lowest BCUT2D eigenvalue weighted by molar-refractivity contribution is 1.05. The van der Waals surface area contributed by atoms with Crippen molar-refractivity contribution >= 4 is 17.3 Å². The molecule has 0 unspecified atom stereocenters. The molecule has 0 saturated heterocycles. The molecule has 0 spiro atoms. The van der Waals surface area contributed by atoms with Crippen molar-refractivity contribution in [3.8, 4) is 0 Å². The van der Waals surface area contributed by atoms with Gasteiger partial charge in [0.05, 0.1) is 0 Å². The van der Waals surface area contributed by atoms with Crippen LogP contribution in [-0.4, -0.2) is 22.9 Å². The van der Waals surface area contributed by atoms with Crippen LogP contribution in [0.1, 0.15) is 5.56 Å². The van der Waals surface area contributed by atoms with E-state index in [-0.39, 0.29) is 11.4 Å². The maximum atomic E-state index is 11.6. The lowest BCUT2D eigenvalue weighted by Gasteiger charge is -2.17. The van der Waals surface area contributed by atoms with Gasteiger partial charge in [-0.2, -0.15) is 0 Å². The van der Waals surface area contributed by atoms with Gasteiger partial charge in [0.25, 0.3) is 5.56 Å². The van der Waals surface area contributed by atoms with Gasteiger partial charge in [-0.05, 0) is 12.1 Å². The number of aromatic nitrogens is 2. The van der Waals surface area contributed by atoms with Crippen LogP contribution in [0.3, 0.4) is 0 Å². The highest BCUT2D eigenvalue weighted by molar-refractivity contribution is 5.95. The third-order valence-corrected chi connectivity index (χ3v) is 2.55. The van der Waals surface area contributed by atoms with Crippen LogP contribution < -0.4 is 16.2 Å². The van der Waals surface area contributed by atoms with Crippen LogP contribution in [0.5, 0.6) is 0 Å². The maximum Gasteiger partial charge on any atom is 0.291 e. The van der Waals surface area contributed by atoms with E-state index in [0.717, 1.165) is 5.69 Å². The van der Waals surface area contributed by atoms with Gasteiger partial charge in [-0.25, -0.2) is 4.98 Å². The summed E-state index contributed by atoms with van der Waals surface area (Å²) in [6.07, 6.45) is 2.99. The minimum atomic E-state index is -0.270. The van der Waals surface area contributed by atoms with Crippen LogP contribution in [0.25, 0.3) is 0 Å². The molecule has 18 heavy (non-hydrogen) atoms. The highest BCUT2D eigenvalue weighted by Crippen LogP contribution is 2.19. The molecule has 0 aliphatic heterocycles. The van der Waals surface area contributed by atoms with Crippen molar-refractivity contribution in [1.82, 2.24) is 9.97 Å². The number of amidine groups is 1. The zero-order chi connectivity index (χ0) is 13.1. The van der Waals surface area contributed by atoms with E-state index in [4.69, 9.17) is 11.1 Å². The Morgan fingerprint density at radius 3 is 2.94 bits per heavy atom. The fourth-order valence-electron chi connectivity index (χ4n) is 1.59. The molecule has 6 nitrogen and oxygen atoms in total. The molecule has 92 valence electrons. The third-order valence-electron chi connectivity index (χ3n) is 2.55. The number of hydrogen-bond acceptors (Lipinski definition) is 4. The first kappa shape index (κ1) is 11.8. The van der Waals surface area contributed by atoms with Crippen LogP contribution in [-0.2, 0) is 0 Å². The fourth-order valence-corrected chi connectivity index (χ4v) is 1.59. The van der Waals surface area contributed by atoms with Gasteiger partial charge in [-0.1, -0.05) is 12.1 Å². The average Bonchev–Trinajstić information content (AvgIpc) is 2.38. The van der Waals surface area contributed by atoms with E-state index in [1.165, 1.54) is 12.4 Å². The summed E-state index contributed by atoms with van der Waals surface area (Å²) in [5.41, 5.74) is 6.51. The molecule has 0 saturated carbocycles. The summed E-state index contributed by atoms with van der Waals surface area (Å²) in [6, 6.07) is 7.07. The Hall–Kier alpha value is -2.63. The van der Waals surface area contributed by atoms with Gasteiger partial charge < -0.3 is 15.6 Å². The zero-order valence-electron chi connectivity index (χ0n) is 9.84. The zero-order valence-corrected chi connectivity index (χ0v) is 9.84. The van der Waals surface area contributed by atoms with Gasteiger partial charge in [-0.3, -0.25) is 10.2 Å². The molecule has 0 aliphatic carbocycles. The molecular formula is C12H13N5O. The Balaban J connectivity index is 2.43. The Morgan fingerprint density at radius 1 is 1.50 bits per heavy atom. The molecule has 6 heteroatoms. The Labute approximate surface area is 104 Å². The first-order valence-corrected chi connectivity index (χ1v) is 5.31. The molecule has 0 radical (unpaired) electrons. The van der Waals surface area contributed by atoms with Crippen molar-refractivity contribution in [2.75, 3.05) is 11.9 Å². The van der Waals surface area contributed by atoms with E-state index in [9.17, 15) is 4.79 Å². The number of aromatic amines is 1. The van der Waals surface area contributed by atoms with Gasteiger partial charge in [0.2, 0.25) is 0 Å². The Bertz CT molecular complexity index is 634. The second-order valence-corrected chi connectivity index (χ2v) is 3.76. The molecule has 0 bridgehead atoms. The van der Waals surface area contributed by atoms with E-state index in [2.05, 4.69) is 9.97 Å². The number of rotatable bonds is 3. The molecule has 1 aromatic heterocycles. The molecule has 0 amide bonds. The number of hydrogen-bond donors (Lipinski definition) is 3. The summed E-state index contributed by atoms with van der Waals surface area (Å²) < 4.78 is 0. The van der Waals surface area contributed by atoms with Crippen molar-refractivity contribution in [2.24, 2.45) is 5.73 Å². The predicted molar refractivity (Wildman–Crippen MR) is 70.4 cm³/mol. The molecule has 0 aliphatic rings. The minimum Gasteiger partial charge on any atom is -0.384 e. The summed E-state index contributed by atoms with van der Waals surface area (Å²) in [4.78, 5) is 19.9. The third kappa shape index (κ3) is 2.22. The van der Waals surface area contributed by atoms with E-state index < -0.39 is 0 Å². The molecule has 1 aromatic carbocycles. The second kappa shape index (κ2) is 4.70. The quantitative estimate of drug-likeness (QED) is 0.549. The van der Waals surface area contributed by atoms with Gasteiger partial charge in [-0.15, -0.1) is 0 Å². The number of H-pyrrole nitrogens is 1. The summed E-state index contributed by atoms with van der Waals surface area (Å²) in [6.45, 7) is 0. The van der Waals surface area contributed by atoms with Gasteiger partial charge in [0, 0.05) is 30.7 Å². The van der Waals surface area contributed by atoms with Crippen molar-refractivity contribution in [1.29, 1.82) is 5.41 Å². The number of nitrogens with zero attached hydrogens (tertiary/aromatic N) is 2. The highest BCUT2D eigenvalue weighted by Gasteiger charge is 2.09. The van der Waals surface area contributed by atoms with E-state index in [0.29, 0.717) is 11.4 Å². The van der Waals surface area contributed by atoms with Gasteiger partial charge in [0.15, 0.2) is 5.82 Å². The summed E-state index contributed by atoms with van der Waals surface area (Å²) in [5.74, 6) is 0.276. The molecule has 2 aromatic rings. The fraction of sp³-hybridized carbons (Fsp3) is 0.0833. The maximum absolute atomic E-state index is 11.6. The molecule has 1 heterocycles. The second-order valence-electron chi connectivity index (χ2n) is 3.76. The largest absolute Gasteiger partial charge is 0.384 e. The summed E-state index contributed by atoms with van der Waals surface area (Å²) in [7, 11) is 1.73. The van der Waals surface area contributed by atoms with Gasteiger partial charge in [0.1, 0.15) is 5.84 Å². The number of anilines is 2. The van der Waals surface area contributed by atoms with Crippen molar-refractivity contribution in [3.05, 3.63) is 52.6 Å². The first-order chi connectivity index (χ1) is 8.59. The SMILES string of the molecule is CN(c1cccc(C(=N)N)c1)c1ncc[nH]c1=O. The van der Waals surface area contributed by atoms with Crippen LogP contribution >= 0.6 is 0 Å². The smallest absolute Gasteiger partial charge is 0.291 e. The van der Waals surface area contributed by atoms with Crippen LogP contribution in [0.4, 0.5) is 11.5 Å². The van der Waals surface area contributed by atoms with Gasteiger partial charge >= 0.3 is 0 Å². The monoisotopic (exact) mass is 243 g/mol. The lowest BCUT2D eigenvalue weighted by atomic mass is 10.2. The van der Waals surface area contributed by atoms with Crippen LogP contribution in [0, 0.1) is 5.41 Å². The average molecular weight is 243 g/mol. The van der Waals surface area contributed by atoms with Crippen molar-refractivity contribution in [2.45, 2.75) is 0 Å². The Kier molecular flexibility index (Phi) is 3.09. The van der Waals surface area contributed by atoms with Crippen molar-refractivity contribution in [3.63, 3.8) is 0 Å². The molecular weight excluding hydrogens is 230 g/mol. The number of nitrogens with one attached hydrogen (secondary N) is 2. The molecule has 0 fully saturated rings. The van der Waals surface area contributed by atoms with Crippen LogP contribution in [0.15, 0.2) is 41.5 Å². The van der Waals surface area contributed by atoms with Crippen molar-refractivity contribution < 1.29 is 0 Å². The Morgan fingerprint density at radius 2 is 2.28 bits per heavy atom. The normalized spacial score (nSPS) is 10.1. The highest BCUT2D eigenvalue weighted by atomic mass is 16.1. The molecule has 4 N–H and O–H groups in total. The number of nitrogen functional groups attached to an aromatic ring is 1.